The van der Waals surface area contributed by atoms with Gasteiger partial charge in [0, 0.05) is 24.2 Å². The first-order valence-corrected chi connectivity index (χ1v) is 10.9. The monoisotopic (exact) mass is 411 g/mol. The summed E-state index contributed by atoms with van der Waals surface area (Å²) in [6.07, 6.45) is 2.59. The van der Waals surface area contributed by atoms with Gasteiger partial charge in [-0.15, -0.1) is 0 Å². The Morgan fingerprint density at radius 2 is 2.00 bits per heavy atom. The van der Waals surface area contributed by atoms with Crippen LogP contribution in [0.3, 0.4) is 0 Å². The van der Waals surface area contributed by atoms with E-state index in [1.54, 1.807) is 0 Å². The third-order valence-corrected chi connectivity index (χ3v) is 6.65. The maximum absolute atomic E-state index is 13.2. The Hall–Kier alpha value is -2.13. The van der Waals surface area contributed by atoms with Gasteiger partial charge in [-0.1, -0.05) is 6.42 Å². The number of piperidine rings is 1. The highest BCUT2D eigenvalue weighted by Gasteiger charge is 2.33. The third-order valence-electron chi connectivity index (χ3n) is 4.61. The fourth-order valence-corrected chi connectivity index (χ4v) is 5.09. The van der Waals surface area contributed by atoms with E-state index < -0.39 is 15.9 Å². The first kappa shape index (κ1) is 22.2. The van der Waals surface area contributed by atoms with Gasteiger partial charge in [0.05, 0.1) is 13.7 Å². The zero-order chi connectivity index (χ0) is 20.9. The first-order chi connectivity index (χ1) is 13.2. The molecule has 1 fully saturated rings. The molecule has 1 aromatic carbocycles. The number of amides is 2. The highest BCUT2D eigenvalue weighted by molar-refractivity contribution is 7.89. The summed E-state index contributed by atoms with van der Waals surface area (Å²) in [5, 5.41) is 5.18. The molecule has 1 aliphatic rings. The van der Waals surface area contributed by atoms with Crippen molar-refractivity contribution < 1.29 is 22.7 Å². The number of carbonyl (C=O) groups is 2. The van der Waals surface area contributed by atoms with Crippen molar-refractivity contribution in [3.63, 3.8) is 0 Å². The predicted octanol–water partition coefficient (Wildman–Crippen LogP) is 1.51. The molecular weight excluding hydrogens is 382 g/mol. The molecule has 0 spiro atoms. The van der Waals surface area contributed by atoms with Crippen LogP contribution >= 0.6 is 0 Å². The molecule has 28 heavy (non-hydrogen) atoms. The van der Waals surface area contributed by atoms with Crippen molar-refractivity contribution in [2.45, 2.75) is 57.0 Å². The van der Waals surface area contributed by atoms with Crippen LogP contribution in [0.1, 0.15) is 50.4 Å². The minimum atomic E-state index is -3.81. The number of sulfonamides is 1. The van der Waals surface area contributed by atoms with E-state index in [1.807, 2.05) is 20.8 Å². The Balaban J connectivity index is 2.25. The number of ether oxygens (including phenoxy) is 1. The van der Waals surface area contributed by atoms with Gasteiger partial charge in [-0.05, 0) is 51.8 Å². The third kappa shape index (κ3) is 5.23. The molecule has 2 rings (SSSR count). The van der Waals surface area contributed by atoms with Crippen LogP contribution in [0.5, 0.6) is 5.75 Å². The van der Waals surface area contributed by atoms with Crippen LogP contribution in [0.2, 0.25) is 0 Å². The lowest BCUT2D eigenvalue weighted by Crippen LogP contribution is -2.42. The number of hydrogen-bond donors (Lipinski definition) is 2. The summed E-state index contributed by atoms with van der Waals surface area (Å²) in [7, 11) is -2.42. The zero-order valence-corrected chi connectivity index (χ0v) is 17.6. The van der Waals surface area contributed by atoms with Crippen LogP contribution < -0.4 is 15.4 Å². The van der Waals surface area contributed by atoms with Crippen molar-refractivity contribution in [2.24, 2.45) is 0 Å². The van der Waals surface area contributed by atoms with Gasteiger partial charge in [-0.3, -0.25) is 9.59 Å². The van der Waals surface area contributed by atoms with Crippen molar-refractivity contribution in [2.75, 3.05) is 20.2 Å². The average Bonchev–Trinajstić information content (AvgIpc) is 2.65. The Labute approximate surface area is 166 Å². The summed E-state index contributed by atoms with van der Waals surface area (Å²) in [6, 6.07) is 4.11. The molecule has 8 nitrogen and oxygen atoms in total. The maximum Gasteiger partial charge on any atom is 0.251 e. The topological polar surface area (TPSA) is 105 Å². The smallest absolute Gasteiger partial charge is 0.251 e. The van der Waals surface area contributed by atoms with Crippen LogP contribution in [-0.2, 0) is 14.8 Å². The van der Waals surface area contributed by atoms with Gasteiger partial charge in [0.2, 0.25) is 15.9 Å². The number of hydrogen-bond acceptors (Lipinski definition) is 5. The molecule has 0 bridgehead atoms. The molecule has 0 aliphatic carbocycles. The Kier molecular flexibility index (Phi) is 7.42. The van der Waals surface area contributed by atoms with Crippen molar-refractivity contribution in [1.29, 1.82) is 0 Å². The van der Waals surface area contributed by atoms with E-state index in [9.17, 15) is 18.0 Å². The average molecular weight is 412 g/mol. The normalized spacial score (nSPS) is 18.0. The summed E-state index contributed by atoms with van der Waals surface area (Å²) in [5.74, 6) is -0.650. The SMILES string of the molecule is COc1ccc(C(=O)NCC(=O)NC(C)C)cc1S(=O)(=O)N1CCCC[C@@H]1C. The second kappa shape index (κ2) is 9.38. The second-order valence-corrected chi connectivity index (χ2v) is 9.09. The Bertz CT molecular complexity index is 823. The molecular formula is C19H29N3O5S. The number of carbonyl (C=O) groups excluding carboxylic acids is 2. The molecule has 0 unspecified atom stereocenters. The fourth-order valence-electron chi connectivity index (χ4n) is 3.21. The highest BCUT2D eigenvalue weighted by atomic mass is 32.2. The Morgan fingerprint density at radius 1 is 1.29 bits per heavy atom. The number of nitrogens with zero attached hydrogens (tertiary/aromatic N) is 1. The van der Waals surface area contributed by atoms with Crippen LogP contribution in [0.15, 0.2) is 23.1 Å². The Morgan fingerprint density at radius 3 is 2.61 bits per heavy atom. The number of nitrogens with one attached hydrogen (secondary N) is 2. The molecule has 2 amide bonds. The lowest BCUT2D eigenvalue weighted by molar-refractivity contribution is -0.120. The van der Waals surface area contributed by atoms with Gasteiger partial charge in [0.1, 0.15) is 10.6 Å². The van der Waals surface area contributed by atoms with Gasteiger partial charge in [-0.25, -0.2) is 8.42 Å². The summed E-state index contributed by atoms with van der Waals surface area (Å²) >= 11 is 0. The lowest BCUT2D eigenvalue weighted by atomic mass is 10.1. The minimum absolute atomic E-state index is 0.0336. The fraction of sp³-hybridized carbons (Fsp3) is 0.579. The van der Waals surface area contributed by atoms with E-state index in [1.165, 1.54) is 29.6 Å². The molecule has 0 radical (unpaired) electrons. The lowest BCUT2D eigenvalue weighted by Gasteiger charge is -2.32. The maximum atomic E-state index is 13.2. The van der Waals surface area contributed by atoms with Crippen LogP contribution in [0, 0.1) is 0 Å². The molecule has 2 N–H and O–H groups in total. The molecule has 1 aliphatic heterocycles. The summed E-state index contributed by atoms with van der Waals surface area (Å²) in [4.78, 5) is 24.1. The molecule has 156 valence electrons. The van der Waals surface area contributed by atoms with E-state index >= 15 is 0 Å². The molecule has 1 aromatic rings. The molecule has 0 aromatic heterocycles. The molecule has 0 saturated carbocycles. The summed E-state index contributed by atoms with van der Waals surface area (Å²) in [5.41, 5.74) is 0.154. The molecule has 9 heteroatoms. The van der Waals surface area contributed by atoms with E-state index in [0.29, 0.717) is 6.54 Å². The highest BCUT2D eigenvalue weighted by Crippen LogP contribution is 2.31. The quantitative estimate of drug-likeness (QED) is 0.708. The van der Waals surface area contributed by atoms with Crippen molar-refractivity contribution in [1.82, 2.24) is 14.9 Å². The van der Waals surface area contributed by atoms with Gasteiger partial charge >= 0.3 is 0 Å². The summed E-state index contributed by atoms with van der Waals surface area (Å²) in [6.45, 7) is 5.78. The summed E-state index contributed by atoms with van der Waals surface area (Å²) < 4.78 is 33.1. The van der Waals surface area contributed by atoms with Gasteiger partial charge < -0.3 is 15.4 Å². The van der Waals surface area contributed by atoms with Gasteiger partial charge in [0.15, 0.2) is 0 Å². The van der Waals surface area contributed by atoms with E-state index in [2.05, 4.69) is 10.6 Å². The van der Waals surface area contributed by atoms with Gasteiger partial charge in [-0.2, -0.15) is 4.31 Å². The van der Waals surface area contributed by atoms with E-state index in [4.69, 9.17) is 4.74 Å². The number of benzene rings is 1. The van der Waals surface area contributed by atoms with Crippen LogP contribution in [0.25, 0.3) is 0 Å². The van der Waals surface area contributed by atoms with Crippen LogP contribution in [0.4, 0.5) is 0 Å². The van der Waals surface area contributed by atoms with Crippen molar-refractivity contribution >= 4 is 21.8 Å². The predicted molar refractivity (Wildman–Crippen MR) is 106 cm³/mol. The zero-order valence-electron chi connectivity index (χ0n) is 16.8. The minimum Gasteiger partial charge on any atom is -0.495 e. The van der Waals surface area contributed by atoms with E-state index in [-0.39, 0.29) is 40.7 Å². The molecule has 1 saturated heterocycles. The second-order valence-electron chi connectivity index (χ2n) is 7.23. The van der Waals surface area contributed by atoms with Crippen LogP contribution in [-0.4, -0.2) is 56.8 Å². The van der Waals surface area contributed by atoms with Crippen molar-refractivity contribution in [3.8, 4) is 5.75 Å². The van der Waals surface area contributed by atoms with Crippen molar-refractivity contribution in [3.05, 3.63) is 23.8 Å². The standard InChI is InChI=1S/C19H29N3O5S/c1-13(2)21-18(23)12-20-19(24)15-8-9-16(27-4)17(11-15)28(25,26)22-10-6-5-7-14(22)3/h8-9,11,13-14H,5-7,10,12H2,1-4H3,(H,20,24)(H,21,23)/t14-/m0/s1. The largest absolute Gasteiger partial charge is 0.495 e. The first-order valence-electron chi connectivity index (χ1n) is 9.44. The number of rotatable bonds is 7. The number of methoxy groups -OCH3 is 1. The van der Waals surface area contributed by atoms with E-state index in [0.717, 1.165) is 19.3 Å². The molecule has 1 atom stereocenters. The van der Waals surface area contributed by atoms with Gasteiger partial charge in [0.25, 0.3) is 5.91 Å². The molecule has 1 heterocycles.